The molecule has 0 aliphatic carbocycles. The van der Waals surface area contributed by atoms with Gasteiger partial charge in [0, 0.05) is 33.4 Å². The van der Waals surface area contributed by atoms with E-state index >= 15 is 0 Å². The summed E-state index contributed by atoms with van der Waals surface area (Å²) in [6, 6.07) is 47.0. The molecule has 0 radical (unpaired) electrons. The number of fused-ring (bicyclic) bond motifs is 2. The van der Waals surface area contributed by atoms with Gasteiger partial charge in [-0.3, -0.25) is 9.59 Å². The van der Waals surface area contributed by atoms with E-state index in [4.69, 9.17) is 19.9 Å². The molecule has 2 aromatic heterocycles. The van der Waals surface area contributed by atoms with Crippen molar-refractivity contribution < 1.29 is 9.59 Å². The number of nitrogens with zero attached hydrogens (tertiary/aromatic N) is 4. The molecular formula is C44H30N4O2. The summed E-state index contributed by atoms with van der Waals surface area (Å²) in [5.41, 5.74) is 12.1. The van der Waals surface area contributed by atoms with E-state index in [1.165, 1.54) is 0 Å². The predicted octanol–water partition coefficient (Wildman–Crippen LogP) is 10.3. The highest BCUT2D eigenvalue weighted by atomic mass is 16.1. The van der Waals surface area contributed by atoms with Crippen molar-refractivity contribution in [2.75, 3.05) is 0 Å². The summed E-state index contributed by atoms with van der Waals surface area (Å²) < 4.78 is 0. The van der Waals surface area contributed by atoms with Gasteiger partial charge < -0.3 is 0 Å². The lowest BCUT2D eigenvalue weighted by molar-refractivity contribution is 0.101. The zero-order chi connectivity index (χ0) is 34.2. The van der Waals surface area contributed by atoms with Crippen LogP contribution in [0.5, 0.6) is 0 Å². The highest BCUT2D eigenvalue weighted by Gasteiger charge is 2.20. The second-order valence-electron chi connectivity index (χ2n) is 12.2. The van der Waals surface area contributed by atoms with Gasteiger partial charge in [0.1, 0.15) is 0 Å². The minimum absolute atomic E-state index is 0.0277. The van der Waals surface area contributed by atoms with Gasteiger partial charge in [-0.2, -0.15) is 0 Å². The van der Waals surface area contributed by atoms with Crippen LogP contribution >= 0.6 is 0 Å². The molecule has 0 bridgehead atoms. The van der Waals surface area contributed by atoms with Crippen LogP contribution < -0.4 is 0 Å². The molecule has 238 valence electrons. The number of aromatic nitrogens is 4. The zero-order valence-electron chi connectivity index (χ0n) is 27.5. The maximum atomic E-state index is 12.7. The standard InChI is InChI=1S/C44H30N4O2/c1-27(49)33-17-9-11-19-35(33)43-42(30-15-7-4-8-16-30)47-39-25-31(22-24-38(39)46-43)32-21-23-37-40(26-32)48-44(36-20-12-10-18-34(36)28(2)50)41(45-37)29-13-5-3-6-14-29/h3-26H,1-2H3. The Bertz CT molecular complexity index is 2600. The first-order valence-corrected chi connectivity index (χ1v) is 16.4. The van der Waals surface area contributed by atoms with Gasteiger partial charge >= 0.3 is 0 Å². The SMILES string of the molecule is CC(=O)c1ccccc1-c1nc2ccc(-c3ccc4nc(-c5ccccc5)c(-c5ccccc5C(C)=O)nc4c3)cc2nc1-c1ccccc1. The molecule has 8 aromatic rings. The number of benzene rings is 6. The maximum Gasteiger partial charge on any atom is 0.160 e. The minimum atomic E-state index is -0.0321. The van der Waals surface area contributed by atoms with E-state index in [0.29, 0.717) is 33.7 Å². The van der Waals surface area contributed by atoms with Crippen LogP contribution in [0, 0.1) is 0 Å². The number of carbonyl (C=O) groups is 2. The third-order valence-corrected chi connectivity index (χ3v) is 8.88. The van der Waals surface area contributed by atoms with Crippen LogP contribution in [0.2, 0.25) is 0 Å². The molecule has 0 fully saturated rings. The van der Waals surface area contributed by atoms with Crippen molar-refractivity contribution in [2.45, 2.75) is 13.8 Å². The van der Waals surface area contributed by atoms with Crippen molar-refractivity contribution in [3.8, 4) is 56.2 Å². The van der Waals surface area contributed by atoms with Crippen LogP contribution in [-0.2, 0) is 0 Å². The smallest absolute Gasteiger partial charge is 0.160 e. The van der Waals surface area contributed by atoms with Gasteiger partial charge in [-0.05, 0) is 49.2 Å². The molecule has 8 rings (SSSR count). The van der Waals surface area contributed by atoms with E-state index < -0.39 is 0 Å². The highest BCUT2D eigenvalue weighted by molar-refractivity contribution is 6.04. The molecule has 6 nitrogen and oxygen atoms in total. The van der Waals surface area contributed by atoms with Crippen molar-refractivity contribution >= 4 is 33.6 Å². The Morgan fingerprint density at radius 1 is 0.360 bits per heavy atom. The van der Waals surface area contributed by atoms with Crippen LogP contribution in [0.1, 0.15) is 34.6 Å². The van der Waals surface area contributed by atoms with Crippen LogP contribution in [0.15, 0.2) is 146 Å². The lowest BCUT2D eigenvalue weighted by atomic mass is 9.96. The Labute approximate surface area is 289 Å². The lowest BCUT2D eigenvalue weighted by Crippen LogP contribution is -2.01. The van der Waals surface area contributed by atoms with Crippen molar-refractivity contribution in [2.24, 2.45) is 0 Å². The summed E-state index contributed by atoms with van der Waals surface area (Å²) in [6.07, 6.45) is 0. The van der Waals surface area contributed by atoms with Crippen LogP contribution in [0.4, 0.5) is 0 Å². The average molecular weight is 647 g/mol. The zero-order valence-corrected chi connectivity index (χ0v) is 27.5. The second-order valence-corrected chi connectivity index (χ2v) is 12.2. The van der Waals surface area contributed by atoms with Crippen LogP contribution in [-0.4, -0.2) is 31.5 Å². The molecule has 0 spiro atoms. The molecule has 0 atom stereocenters. The fraction of sp³-hybridized carbons (Fsp3) is 0.0455. The van der Waals surface area contributed by atoms with E-state index in [1.54, 1.807) is 13.8 Å². The average Bonchev–Trinajstić information content (AvgIpc) is 3.17. The number of Topliss-reactive ketones (excluding diaryl/α,β-unsaturated/α-hetero) is 2. The fourth-order valence-corrected chi connectivity index (χ4v) is 6.43. The first-order chi connectivity index (χ1) is 24.4. The third-order valence-electron chi connectivity index (χ3n) is 8.88. The third kappa shape index (κ3) is 5.63. The van der Waals surface area contributed by atoms with E-state index in [0.717, 1.165) is 55.6 Å². The Morgan fingerprint density at radius 3 is 1.16 bits per heavy atom. The molecule has 0 N–H and O–H groups in total. The Balaban J connectivity index is 1.29. The van der Waals surface area contributed by atoms with Crippen molar-refractivity contribution in [3.05, 3.63) is 157 Å². The van der Waals surface area contributed by atoms with Gasteiger partial charge in [0.25, 0.3) is 0 Å². The number of hydrogen-bond acceptors (Lipinski definition) is 6. The Morgan fingerprint density at radius 2 is 0.720 bits per heavy atom. The van der Waals surface area contributed by atoms with Gasteiger partial charge in [-0.25, -0.2) is 19.9 Å². The van der Waals surface area contributed by atoms with Crippen molar-refractivity contribution in [1.82, 2.24) is 19.9 Å². The normalized spacial score (nSPS) is 11.2. The van der Waals surface area contributed by atoms with Crippen LogP contribution in [0.25, 0.3) is 78.2 Å². The molecule has 50 heavy (non-hydrogen) atoms. The molecule has 6 heteroatoms. The fourth-order valence-electron chi connectivity index (χ4n) is 6.43. The van der Waals surface area contributed by atoms with Crippen LogP contribution in [0.3, 0.4) is 0 Å². The van der Waals surface area contributed by atoms with Gasteiger partial charge in [0.05, 0.1) is 44.8 Å². The van der Waals surface area contributed by atoms with E-state index in [9.17, 15) is 9.59 Å². The lowest BCUT2D eigenvalue weighted by Gasteiger charge is -2.14. The highest BCUT2D eigenvalue weighted by Crippen LogP contribution is 2.36. The summed E-state index contributed by atoms with van der Waals surface area (Å²) in [6.45, 7) is 3.15. The molecular weight excluding hydrogens is 617 g/mol. The van der Waals surface area contributed by atoms with E-state index in [2.05, 4.69) is 0 Å². The maximum absolute atomic E-state index is 12.7. The second kappa shape index (κ2) is 12.7. The minimum Gasteiger partial charge on any atom is -0.294 e. The quantitative estimate of drug-likeness (QED) is 0.160. The van der Waals surface area contributed by atoms with Gasteiger partial charge in [0.2, 0.25) is 0 Å². The summed E-state index contributed by atoms with van der Waals surface area (Å²) in [7, 11) is 0. The summed E-state index contributed by atoms with van der Waals surface area (Å²) in [5.74, 6) is -0.0598. The van der Waals surface area contributed by atoms with Gasteiger partial charge in [-0.15, -0.1) is 0 Å². The topological polar surface area (TPSA) is 85.7 Å². The Kier molecular flexibility index (Phi) is 7.82. The van der Waals surface area contributed by atoms with Crippen molar-refractivity contribution in [1.29, 1.82) is 0 Å². The molecule has 0 aliphatic heterocycles. The van der Waals surface area contributed by atoms with E-state index in [1.807, 2.05) is 146 Å². The number of ketones is 2. The molecule has 0 aliphatic rings. The van der Waals surface area contributed by atoms with E-state index in [-0.39, 0.29) is 11.6 Å². The Hall–Kier alpha value is -6.66. The molecule has 0 saturated carbocycles. The summed E-state index contributed by atoms with van der Waals surface area (Å²) >= 11 is 0. The van der Waals surface area contributed by atoms with Gasteiger partial charge in [0.15, 0.2) is 11.6 Å². The first kappa shape index (κ1) is 30.7. The molecule has 0 amide bonds. The molecule has 0 saturated heterocycles. The predicted molar refractivity (Wildman–Crippen MR) is 200 cm³/mol. The molecule has 6 aromatic carbocycles. The largest absolute Gasteiger partial charge is 0.294 e. The number of carbonyl (C=O) groups excluding carboxylic acids is 2. The summed E-state index contributed by atoms with van der Waals surface area (Å²) in [5, 5.41) is 0. The number of rotatable bonds is 7. The molecule has 2 heterocycles. The summed E-state index contributed by atoms with van der Waals surface area (Å²) in [4.78, 5) is 45.8. The monoisotopic (exact) mass is 646 g/mol. The molecule has 0 unspecified atom stereocenters. The van der Waals surface area contributed by atoms with Gasteiger partial charge in [-0.1, -0.05) is 121 Å². The first-order valence-electron chi connectivity index (χ1n) is 16.4. The van der Waals surface area contributed by atoms with Crippen molar-refractivity contribution in [3.63, 3.8) is 0 Å². The number of hydrogen-bond donors (Lipinski definition) is 0.